The number of rotatable bonds is 7. The Hall–Kier alpha value is -4.11. The number of carbonyl (C=O) groups is 2. The molecule has 4 fully saturated rings. The lowest BCUT2D eigenvalue weighted by molar-refractivity contribution is -0.178. The summed E-state index contributed by atoms with van der Waals surface area (Å²) in [6, 6.07) is 8.61. The van der Waals surface area contributed by atoms with E-state index in [1.54, 1.807) is 17.7 Å². The average molecular weight is 809 g/mol. The molecule has 9 atom stereocenters. The highest BCUT2D eigenvalue weighted by Gasteiger charge is 2.63. The van der Waals surface area contributed by atoms with E-state index in [1.807, 2.05) is 7.11 Å². The lowest BCUT2D eigenvalue weighted by Crippen LogP contribution is -2.58. The molecule has 4 saturated carbocycles. The smallest absolute Gasteiger partial charge is 0.311 e. The van der Waals surface area contributed by atoms with Gasteiger partial charge >= 0.3 is 11.9 Å². The normalized spacial score (nSPS) is 34.5. The van der Waals surface area contributed by atoms with Crippen molar-refractivity contribution >= 4 is 22.9 Å². The van der Waals surface area contributed by atoms with Gasteiger partial charge in [-0.3, -0.25) is 14.4 Å². The first-order valence-electron chi connectivity index (χ1n) is 22.0. The third kappa shape index (κ3) is 6.91. The van der Waals surface area contributed by atoms with Crippen molar-refractivity contribution in [3.05, 3.63) is 64.5 Å². The SMILES string of the molecule is CO[C@H]1CC[C@@]2(C)[C@@H](CC[C@@]3(C)CC4=CC[C@H]5C(C)(C)[C@H](OC(=O)CCC(=O)Oc6cc(O)c7c(=O)c(-c8ccc(O)cc8)coc7c6)CC[C@]5(C)[C@H]4CC[C@@H]32)C1(C)C. The zero-order valence-corrected chi connectivity index (χ0v) is 36.3. The van der Waals surface area contributed by atoms with Crippen LogP contribution in [0.3, 0.4) is 0 Å². The third-order valence-corrected chi connectivity index (χ3v) is 17.1. The molecule has 1 aromatic heterocycles. The maximum atomic E-state index is 13.4. The minimum Gasteiger partial charge on any atom is -0.508 e. The minimum atomic E-state index is -0.665. The highest BCUT2D eigenvalue weighted by atomic mass is 16.5. The van der Waals surface area contributed by atoms with Gasteiger partial charge in [0.1, 0.15) is 40.6 Å². The van der Waals surface area contributed by atoms with E-state index in [9.17, 15) is 24.6 Å². The number of allylic oxidation sites excluding steroid dienone is 2. The zero-order chi connectivity index (χ0) is 42.3. The molecule has 9 nitrogen and oxygen atoms in total. The molecule has 1 heterocycles. The molecule has 0 bridgehead atoms. The molecule has 5 aliphatic rings. The fourth-order valence-electron chi connectivity index (χ4n) is 14.3. The van der Waals surface area contributed by atoms with Gasteiger partial charge in [0.05, 0.1) is 24.5 Å². The molecular weight excluding hydrogens is 745 g/mol. The van der Waals surface area contributed by atoms with Crippen molar-refractivity contribution in [2.24, 2.45) is 50.7 Å². The first-order chi connectivity index (χ1) is 27.8. The first-order valence-corrected chi connectivity index (χ1v) is 22.0. The summed E-state index contributed by atoms with van der Waals surface area (Å²) in [5, 5.41) is 20.3. The van der Waals surface area contributed by atoms with Crippen molar-refractivity contribution in [3.63, 3.8) is 0 Å². The summed E-state index contributed by atoms with van der Waals surface area (Å²) in [5.41, 5.74) is 2.64. The molecule has 0 unspecified atom stereocenters. The second-order valence-electron chi connectivity index (χ2n) is 20.9. The second-order valence-corrected chi connectivity index (χ2v) is 20.9. The van der Waals surface area contributed by atoms with Crippen molar-refractivity contribution in [2.75, 3.05) is 7.11 Å². The van der Waals surface area contributed by atoms with Crippen molar-refractivity contribution in [1.29, 1.82) is 0 Å². The van der Waals surface area contributed by atoms with Gasteiger partial charge in [-0.1, -0.05) is 72.2 Å². The molecule has 5 aliphatic carbocycles. The van der Waals surface area contributed by atoms with Gasteiger partial charge in [0.25, 0.3) is 0 Å². The Kier molecular flexibility index (Phi) is 10.4. The van der Waals surface area contributed by atoms with Crippen LogP contribution in [0.1, 0.15) is 126 Å². The Balaban J connectivity index is 0.903. The van der Waals surface area contributed by atoms with Gasteiger partial charge in [-0.2, -0.15) is 0 Å². The number of esters is 2. The third-order valence-electron chi connectivity index (χ3n) is 17.1. The van der Waals surface area contributed by atoms with Crippen LogP contribution in [0.4, 0.5) is 0 Å². The molecular formula is C50H64O9. The first kappa shape index (κ1) is 41.6. The maximum Gasteiger partial charge on any atom is 0.311 e. The van der Waals surface area contributed by atoms with Crippen LogP contribution in [0, 0.1) is 50.7 Å². The highest BCUT2D eigenvalue weighted by Crippen LogP contribution is 2.70. The topological polar surface area (TPSA) is 132 Å². The summed E-state index contributed by atoms with van der Waals surface area (Å²) in [4.78, 5) is 39.5. The number of ether oxygens (including phenoxy) is 3. The van der Waals surface area contributed by atoms with Gasteiger partial charge < -0.3 is 28.8 Å². The summed E-state index contributed by atoms with van der Waals surface area (Å²) in [6.45, 7) is 17.3. The number of hydrogen-bond donors (Lipinski definition) is 2. The number of hydrogen-bond acceptors (Lipinski definition) is 9. The maximum absolute atomic E-state index is 13.4. The van der Waals surface area contributed by atoms with Crippen LogP contribution in [0.5, 0.6) is 17.2 Å². The highest BCUT2D eigenvalue weighted by molar-refractivity contribution is 5.89. The molecule has 2 N–H and O–H groups in total. The summed E-state index contributed by atoms with van der Waals surface area (Å²) in [7, 11) is 1.90. The molecule has 0 saturated heterocycles. The molecule has 9 heteroatoms. The van der Waals surface area contributed by atoms with Crippen LogP contribution >= 0.6 is 0 Å². The molecule has 0 amide bonds. The van der Waals surface area contributed by atoms with Gasteiger partial charge in [-0.05, 0) is 127 Å². The second kappa shape index (κ2) is 14.8. The largest absolute Gasteiger partial charge is 0.508 e. The van der Waals surface area contributed by atoms with E-state index in [0.717, 1.165) is 25.7 Å². The van der Waals surface area contributed by atoms with Crippen LogP contribution < -0.4 is 10.2 Å². The Labute approximate surface area is 348 Å². The molecule has 318 valence electrons. The Bertz CT molecular complexity index is 2210. The van der Waals surface area contributed by atoms with E-state index in [4.69, 9.17) is 18.6 Å². The zero-order valence-electron chi connectivity index (χ0n) is 36.3. The predicted molar refractivity (Wildman–Crippen MR) is 227 cm³/mol. The molecule has 8 rings (SSSR count). The van der Waals surface area contributed by atoms with Crippen LogP contribution in [-0.4, -0.2) is 41.5 Å². The fraction of sp³-hybridized carbons (Fsp3) is 0.620. The molecule has 0 aliphatic heterocycles. The summed E-state index contributed by atoms with van der Waals surface area (Å²) >= 11 is 0. The van der Waals surface area contributed by atoms with Gasteiger partial charge in [-0.25, -0.2) is 0 Å². The monoisotopic (exact) mass is 808 g/mol. The molecule has 2 aromatic carbocycles. The van der Waals surface area contributed by atoms with Gasteiger partial charge in [0.2, 0.25) is 5.43 Å². The van der Waals surface area contributed by atoms with Crippen molar-refractivity contribution in [2.45, 2.75) is 138 Å². The van der Waals surface area contributed by atoms with Gasteiger partial charge in [0.15, 0.2) is 0 Å². The summed E-state index contributed by atoms with van der Waals surface area (Å²) in [5.74, 6) is 0.814. The fourth-order valence-corrected chi connectivity index (χ4v) is 14.3. The lowest BCUT2D eigenvalue weighted by Gasteiger charge is -2.64. The van der Waals surface area contributed by atoms with E-state index in [0.29, 0.717) is 46.2 Å². The van der Waals surface area contributed by atoms with Crippen molar-refractivity contribution in [3.8, 4) is 28.4 Å². The molecule has 59 heavy (non-hydrogen) atoms. The summed E-state index contributed by atoms with van der Waals surface area (Å²) < 4.78 is 23.5. The molecule has 0 radical (unpaired) electrons. The van der Waals surface area contributed by atoms with E-state index in [1.165, 1.54) is 69.1 Å². The number of aromatic hydroxyl groups is 2. The van der Waals surface area contributed by atoms with Crippen molar-refractivity contribution in [1.82, 2.24) is 0 Å². The van der Waals surface area contributed by atoms with Gasteiger partial charge in [-0.15, -0.1) is 0 Å². The van der Waals surface area contributed by atoms with E-state index < -0.39 is 23.1 Å². The molecule has 0 spiro atoms. The predicted octanol–water partition coefficient (Wildman–Crippen LogP) is 10.9. The Morgan fingerprint density at radius 3 is 2.19 bits per heavy atom. The number of methoxy groups -OCH3 is 1. The van der Waals surface area contributed by atoms with E-state index in [2.05, 4.69) is 54.5 Å². The van der Waals surface area contributed by atoms with Crippen LogP contribution in [-0.2, 0) is 19.1 Å². The van der Waals surface area contributed by atoms with Crippen LogP contribution in [0.15, 0.2) is 63.5 Å². The minimum absolute atomic E-state index is 0.00526. The van der Waals surface area contributed by atoms with Crippen LogP contribution in [0.25, 0.3) is 22.1 Å². The number of phenols is 2. The summed E-state index contributed by atoms with van der Waals surface area (Å²) in [6.07, 6.45) is 15.0. The Morgan fingerprint density at radius 2 is 1.46 bits per heavy atom. The van der Waals surface area contributed by atoms with Gasteiger partial charge in [0, 0.05) is 24.7 Å². The number of phenolic OH excluding ortho intramolecular Hbond substituents is 2. The molecule has 3 aromatic rings. The Morgan fingerprint density at radius 1 is 0.780 bits per heavy atom. The standard InChI is InChI=1S/C50H64O9/c1-46(2)38-19-22-48(5)27-30-11-15-37-47(3,4)41(21-23-49(37,6)34(30)14-16-39(48)50(38,7)24-20-40(46)56-8)59-43(54)18-17-42(53)58-32-25-35(52)44-36(26-32)57-28-33(45(44)55)29-9-12-31(51)13-10-29/h9-13,25-26,28,34,37-41,51-52H,14-24,27H2,1-8H3/t34-,37-,38-,39-,40-,41+,48-,49+,50-/m0/s1. The van der Waals surface area contributed by atoms with Crippen LogP contribution in [0.2, 0.25) is 0 Å². The number of fused-ring (bicyclic) bond motifs is 7. The number of carbonyl (C=O) groups excluding carboxylic acids is 2. The van der Waals surface area contributed by atoms with Crippen molar-refractivity contribution < 1.29 is 38.4 Å². The number of benzene rings is 2. The average Bonchev–Trinajstić information content (AvgIpc) is 3.33. The van der Waals surface area contributed by atoms with E-state index >= 15 is 0 Å². The van der Waals surface area contributed by atoms with E-state index in [-0.39, 0.29) is 63.2 Å². The lowest BCUT2D eigenvalue weighted by atomic mass is 9.42. The quantitative estimate of drug-likeness (QED) is 0.136.